The van der Waals surface area contributed by atoms with Crippen LogP contribution in [0.3, 0.4) is 0 Å². The van der Waals surface area contributed by atoms with Crippen molar-refractivity contribution in [3.63, 3.8) is 0 Å². The van der Waals surface area contributed by atoms with Gasteiger partial charge in [-0.15, -0.1) is 0 Å². The summed E-state index contributed by atoms with van der Waals surface area (Å²) in [5.74, 6) is -2.39. The minimum Gasteiger partial charge on any atom is -0.383 e. The standard InChI is InChI=1S/C26H25ClF3N9O3.C24H32ClN9O3.C23H27ClN10O2.C20H22ClN11O2/c27-19-21(32)35-20(31)18(34-19)22(41)36-24-33-13-25(37-24)6-8-38(9-7-25)23(42)15-4-5-17(40)39(12-15)11-14-2-1-3-16(10-14)26(28,29)30;1-14(2)37-12-9-28-16-5-3-15(4-6-16)22(36)34-10-7-24(8-11-34)13-29-23(33-24)32-21(35)17-19(26)31-20(27)18(25)30-17;1-12-7-14-15(8-13(12)2)34(11-28-14)9-16(35)33-5-3-23(4-6-33)10-27-22(32-23)31-21(36)17-19(25)30-20(26)18(24)29-17;21-15-17(23)26-16(22)14(25-15)18(34)27-19-24-10-20(28-19)5-7-31(8-6-20)13(33)9-32-29-11-3-1-2-4-12(11)30-32/h1-5,10,12H,6-9,11,13H2,(H4,31,32,35)(H2,33,36,37,41);3-6,14,28H,7-13H2,1-2H3,(H4,26,27,31)(H2,29,32,33,35);7-8,11H,3-6,9-10H2,1-2H3,(H4,25,26,30)(H2,27,31,32,36);1-4H,5-10H2,(H4,22,23,26)(H2,24,27,28,34). The number of ether oxygens (including phenoxy) is 1. The first-order valence-electron chi connectivity index (χ1n) is 47.0. The number of carbonyl (C=O) groups excluding carboxylic acids is 8. The Morgan fingerprint density at radius 2 is 0.819 bits per heavy atom. The van der Waals surface area contributed by atoms with Crippen LogP contribution in [0, 0.1) is 13.8 Å². The van der Waals surface area contributed by atoms with Crippen LogP contribution in [0.4, 0.5) is 65.4 Å². The molecule has 4 spiro atoms. The van der Waals surface area contributed by atoms with E-state index in [1.807, 2.05) is 82.8 Å². The van der Waals surface area contributed by atoms with Gasteiger partial charge in [0.25, 0.3) is 41.0 Å². The molecule has 0 atom stereocenters. The number of hydrogen-bond donors (Lipinski definition) is 17. The van der Waals surface area contributed by atoms with E-state index in [1.165, 1.54) is 51.0 Å². The van der Waals surface area contributed by atoms with E-state index >= 15 is 0 Å². The number of aryl methyl sites for hydroxylation is 2. The first kappa shape index (κ1) is 106. The zero-order valence-electron chi connectivity index (χ0n) is 80.8. The normalized spacial score (nSPS) is 16.6. The number of aliphatic imine (C=N–C) groups is 4. The number of guanidine groups is 4. The van der Waals surface area contributed by atoms with Crippen LogP contribution < -0.4 is 99.3 Å². The van der Waals surface area contributed by atoms with Gasteiger partial charge in [-0.25, -0.2) is 44.9 Å². The second-order valence-corrected chi connectivity index (χ2v) is 38.4. The number of piperidine rings is 4. The number of nitrogens with one attached hydrogen (secondary N) is 9. The van der Waals surface area contributed by atoms with Crippen molar-refractivity contribution in [3.05, 3.63) is 197 Å². The van der Waals surface area contributed by atoms with E-state index in [4.69, 9.17) is 97.0 Å². The lowest BCUT2D eigenvalue weighted by atomic mass is 9.88. The Hall–Kier alpha value is -16.2. The molecule has 149 heavy (non-hydrogen) atoms. The van der Waals surface area contributed by atoms with E-state index in [0.29, 0.717) is 166 Å². The Balaban J connectivity index is 0.000000142. The van der Waals surface area contributed by atoms with E-state index in [-0.39, 0.29) is 173 Å². The Labute approximate surface area is 867 Å². The number of carbonyl (C=O) groups is 8. The third-order valence-corrected chi connectivity index (χ3v) is 27.4. The van der Waals surface area contributed by atoms with Gasteiger partial charge >= 0.3 is 6.18 Å². The predicted molar refractivity (Wildman–Crippen MR) is 552 cm³/mol. The van der Waals surface area contributed by atoms with Gasteiger partial charge in [0.05, 0.1) is 96.1 Å². The van der Waals surface area contributed by atoms with Gasteiger partial charge < -0.3 is 106 Å². The average molecular weight is 2130 g/mol. The molecular formula is C93H106Cl4F3N39O10. The molecule has 4 fully saturated rings. The highest BCUT2D eigenvalue weighted by Gasteiger charge is 2.46. The van der Waals surface area contributed by atoms with Gasteiger partial charge in [0.1, 0.15) is 24.1 Å². The van der Waals surface area contributed by atoms with Crippen LogP contribution in [0.25, 0.3) is 22.1 Å². The second-order valence-electron chi connectivity index (χ2n) is 37.0. The quantitative estimate of drug-likeness (QED) is 0.0568. The summed E-state index contributed by atoms with van der Waals surface area (Å²) in [5.41, 5.74) is 49.7. The predicted octanol–water partition coefficient (Wildman–Crippen LogP) is 4.18. The number of amides is 8. The summed E-state index contributed by atoms with van der Waals surface area (Å²) in [6, 6.07) is 26.4. The SMILES string of the molecule is CC(C)OCCNc1ccc(C(=O)N2CCC3(CC2)CN=C(NC(=O)c2nc(Cl)c(N)nc2N)N3)cc1.Cc1cc2ncn(CC(=O)N3CCC4(CC3)CN=C(NC(=O)c3nc(Cl)c(N)nc3N)N4)c2cc1C.Nc1nc(N)c(C(=O)NC2=NCC3(CCN(C(=O)Cn4nc5ccccc5n4)CC3)N2)nc1Cl.Nc1nc(N)c(C(=O)NC2=NCC3(CCN(C(=O)c4ccc(=O)n(Cc5cccc(C(F)(F)F)c5)c4)CC3)N2)nc1Cl. The molecule has 25 N–H and O–H groups in total. The molecule has 8 amide bonds. The van der Waals surface area contributed by atoms with E-state index in [1.54, 1.807) is 16.1 Å². The molecule has 4 saturated heterocycles. The lowest BCUT2D eigenvalue weighted by Crippen LogP contribution is -2.57. The smallest absolute Gasteiger partial charge is 0.383 e. The maximum atomic E-state index is 13.3. The number of nitrogens with two attached hydrogens (primary N) is 8. The van der Waals surface area contributed by atoms with Gasteiger partial charge in [-0.1, -0.05) is 70.7 Å². The molecule has 0 unspecified atom stereocenters. The van der Waals surface area contributed by atoms with Gasteiger partial charge in [-0.2, -0.15) is 28.2 Å². The highest BCUT2D eigenvalue weighted by Crippen LogP contribution is 2.35. The first-order valence-corrected chi connectivity index (χ1v) is 48.5. The Morgan fingerprint density at radius 3 is 1.21 bits per heavy atom. The van der Waals surface area contributed by atoms with Crippen LogP contribution in [-0.2, 0) is 40.1 Å². The zero-order chi connectivity index (χ0) is 106. The summed E-state index contributed by atoms with van der Waals surface area (Å²) in [6.07, 6.45) is 3.91. The van der Waals surface area contributed by atoms with E-state index in [9.17, 15) is 56.3 Å². The molecule has 49 nitrogen and oxygen atoms in total. The molecular weight excluding hydrogens is 2020 g/mol. The number of pyridine rings is 1. The monoisotopic (exact) mass is 2130 g/mol. The van der Waals surface area contributed by atoms with Gasteiger partial charge in [0.2, 0.25) is 11.8 Å². The van der Waals surface area contributed by atoms with Crippen LogP contribution in [0.1, 0.15) is 150 Å². The van der Waals surface area contributed by atoms with Crippen molar-refractivity contribution in [2.75, 3.05) is 143 Å². The summed E-state index contributed by atoms with van der Waals surface area (Å²) < 4.78 is 47.9. The molecule has 0 bridgehead atoms. The third-order valence-electron chi connectivity index (χ3n) is 26.3. The summed E-state index contributed by atoms with van der Waals surface area (Å²) in [7, 11) is 0. The largest absolute Gasteiger partial charge is 0.416 e. The average Bonchev–Trinajstić information content (AvgIpc) is 1.72. The number of anilines is 9. The van der Waals surface area contributed by atoms with Crippen LogP contribution in [0.2, 0.25) is 20.6 Å². The molecule has 56 heteroatoms. The fourth-order valence-electron chi connectivity index (χ4n) is 17.7. The molecule has 0 aliphatic carbocycles. The number of likely N-dealkylation sites (tertiary alicyclic amines) is 4. The molecule has 8 aliphatic rings. The molecule has 8 aliphatic heterocycles. The molecule has 782 valence electrons. The summed E-state index contributed by atoms with van der Waals surface area (Å²) in [6.45, 7) is 15.6. The van der Waals surface area contributed by atoms with E-state index in [0.717, 1.165) is 39.9 Å². The van der Waals surface area contributed by atoms with E-state index in [2.05, 4.69) is 143 Å². The maximum absolute atomic E-state index is 13.3. The summed E-state index contributed by atoms with van der Waals surface area (Å²) >= 11 is 23.4. The topological polar surface area (TPSA) is 698 Å². The highest BCUT2D eigenvalue weighted by molar-refractivity contribution is 6.33. The molecule has 4 aromatic carbocycles. The molecule has 19 rings (SSSR count). The fraction of sp³-hybridized carbons (Fsp3) is 0.376. The number of nitrogen functional groups attached to an aromatic ring is 8. The van der Waals surface area contributed by atoms with Crippen molar-refractivity contribution in [2.45, 2.75) is 133 Å². The van der Waals surface area contributed by atoms with Crippen molar-refractivity contribution in [1.29, 1.82) is 0 Å². The Bertz CT molecular complexity index is 7200. The van der Waals surface area contributed by atoms with Gasteiger partial charge in [0.15, 0.2) is 114 Å². The third kappa shape index (κ3) is 25.0. The molecule has 0 radical (unpaired) electrons. The van der Waals surface area contributed by atoms with Crippen molar-refractivity contribution in [2.24, 2.45) is 20.0 Å². The number of benzene rings is 4. The lowest BCUT2D eigenvalue weighted by molar-refractivity contribution is -0.137. The van der Waals surface area contributed by atoms with Crippen LogP contribution in [0.15, 0.2) is 134 Å². The van der Waals surface area contributed by atoms with Gasteiger partial charge in [-0.3, -0.25) is 84.4 Å². The Kier molecular flexibility index (Phi) is 31.3. The molecule has 11 aromatic rings. The highest BCUT2D eigenvalue weighted by atomic mass is 35.5. The van der Waals surface area contributed by atoms with Crippen LogP contribution in [-0.4, -0.2) is 280 Å². The van der Waals surface area contributed by atoms with Crippen molar-refractivity contribution < 1.29 is 56.3 Å². The number of imidazole rings is 1. The number of rotatable bonds is 17. The van der Waals surface area contributed by atoms with Crippen molar-refractivity contribution in [3.8, 4) is 0 Å². The fourth-order valence-corrected chi connectivity index (χ4v) is 18.2. The maximum Gasteiger partial charge on any atom is 0.416 e. The van der Waals surface area contributed by atoms with Gasteiger partial charge in [0, 0.05) is 82.4 Å². The number of hydrogen-bond acceptors (Lipinski definition) is 38. The minimum absolute atomic E-state index is 0.00809. The zero-order valence-corrected chi connectivity index (χ0v) is 83.9. The number of aromatic nitrogens is 14. The number of alkyl halides is 3. The Morgan fingerprint density at radius 1 is 0.443 bits per heavy atom. The first-order chi connectivity index (χ1) is 70.9. The molecule has 7 aromatic heterocycles. The van der Waals surface area contributed by atoms with Gasteiger partial charge in [-0.05, 0) is 162 Å². The molecule has 15 heterocycles. The van der Waals surface area contributed by atoms with Crippen molar-refractivity contribution >= 4 is 192 Å². The van der Waals surface area contributed by atoms with Crippen LogP contribution >= 0.6 is 46.4 Å². The summed E-state index contributed by atoms with van der Waals surface area (Å²) in [4.78, 5) is 176. The second kappa shape index (κ2) is 44.2. The minimum atomic E-state index is -4.51. The van der Waals surface area contributed by atoms with Crippen LogP contribution in [0.5, 0.6) is 0 Å². The van der Waals surface area contributed by atoms with Crippen molar-refractivity contribution in [1.82, 2.24) is 131 Å². The lowest BCUT2D eigenvalue weighted by Gasteiger charge is -2.39. The number of nitrogens with zero attached hydrogens (tertiary/aromatic N) is 22. The summed E-state index contributed by atoms with van der Waals surface area (Å²) in [5, 5.41) is 35.2. The number of halogens is 7. The molecule has 0 saturated carbocycles. The number of fused-ring (bicyclic) bond motifs is 2. The van der Waals surface area contributed by atoms with E-state index < -0.39 is 46.5 Å².